The molecule has 0 radical (unpaired) electrons. The highest BCUT2D eigenvalue weighted by molar-refractivity contribution is 5.39. The molecule has 0 heterocycles. The van der Waals surface area contributed by atoms with Gasteiger partial charge < -0.3 is 9.84 Å². The summed E-state index contributed by atoms with van der Waals surface area (Å²) in [6, 6.07) is 6.82. The molecule has 2 heteroatoms. The Morgan fingerprint density at radius 2 is 2.33 bits per heavy atom. The number of rotatable bonds is 1. The molecule has 0 fully saturated rings. The lowest BCUT2D eigenvalue weighted by Gasteiger charge is -1.91. The van der Waals surface area contributed by atoms with Gasteiger partial charge in [0.05, 0.1) is 0 Å². The molecule has 1 rings (SSSR count). The highest BCUT2D eigenvalue weighted by atomic mass is 16.5. The van der Waals surface area contributed by atoms with Crippen molar-refractivity contribution in [3.8, 4) is 17.6 Å². The number of aromatic hydroxyl groups is 1. The molecule has 1 aromatic carbocycles. The number of hydrogen-bond donors (Lipinski definition) is 1. The predicted octanol–water partition coefficient (Wildman–Crippen LogP) is 1.39. The fourth-order valence-corrected chi connectivity index (χ4v) is 0.794. The standard InChI is InChI=1S/C10H10O2/c1-12-7-3-5-9-4-2-6-10(11)8-9/h2,4,6,8,11H,7H2,1H3. The molecule has 0 unspecified atom stereocenters. The molecule has 0 amide bonds. The van der Waals surface area contributed by atoms with Gasteiger partial charge in [0.2, 0.25) is 0 Å². The van der Waals surface area contributed by atoms with E-state index < -0.39 is 0 Å². The number of phenols is 1. The van der Waals surface area contributed by atoms with Gasteiger partial charge in [0.25, 0.3) is 0 Å². The summed E-state index contributed by atoms with van der Waals surface area (Å²) in [6.45, 7) is 0.412. The first-order chi connectivity index (χ1) is 5.83. The van der Waals surface area contributed by atoms with Crippen LogP contribution in [0.2, 0.25) is 0 Å². The number of methoxy groups -OCH3 is 1. The van der Waals surface area contributed by atoms with Gasteiger partial charge in [-0.1, -0.05) is 17.9 Å². The molecule has 0 saturated heterocycles. The average Bonchev–Trinajstić information content (AvgIpc) is 2.05. The Morgan fingerprint density at radius 1 is 1.50 bits per heavy atom. The Morgan fingerprint density at radius 3 is 3.00 bits per heavy atom. The lowest BCUT2D eigenvalue weighted by molar-refractivity contribution is 0.240. The molecule has 0 aliphatic rings. The monoisotopic (exact) mass is 162 g/mol. The van der Waals surface area contributed by atoms with E-state index in [1.54, 1.807) is 25.3 Å². The molecule has 1 aromatic rings. The summed E-state index contributed by atoms with van der Waals surface area (Å²) in [7, 11) is 1.59. The maximum atomic E-state index is 9.07. The Hall–Kier alpha value is -1.46. The summed E-state index contributed by atoms with van der Waals surface area (Å²) in [5.41, 5.74) is 0.798. The molecule has 62 valence electrons. The third kappa shape index (κ3) is 2.65. The number of benzene rings is 1. The zero-order chi connectivity index (χ0) is 8.81. The summed E-state index contributed by atoms with van der Waals surface area (Å²) in [5, 5.41) is 9.07. The lowest BCUT2D eigenvalue weighted by Crippen LogP contribution is -1.81. The second-order valence-corrected chi connectivity index (χ2v) is 2.29. The van der Waals surface area contributed by atoms with Gasteiger partial charge in [-0.05, 0) is 18.2 Å². The van der Waals surface area contributed by atoms with Gasteiger partial charge >= 0.3 is 0 Å². The number of ether oxygens (including phenoxy) is 1. The SMILES string of the molecule is COCC#Cc1cccc(O)c1. The van der Waals surface area contributed by atoms with E-state index in [1.165, 1.54) is 0 Å². The second-order valence-electron chi connectivity index (χ2n) is 2.29. The van der Waals surface area contributed by atoms with E-state index in [-0.39, 0.29) is 5.75 Å². The summed E-state index contributed by atoms with van der Waals surface area (Å²) in [5.74, 6) is 5.88. The fourth-order valence-electron chi connectivity index (χ4n) is 0.794. The van der Waals surface area contributed by atoms with Crippen molar-refractivity contribution in [1.82, 2.24) is 0 Å². The van der Waals surface area contributed by atoms with Crippen molar-refractivity contribution in [2.75, 3.05) is 13.7 Å². The van der Waals surface area contributed by atoms with Crippen molar-refractivity contribution in [3.05, 3.63) is 29.8 Å². The first kappa shape index (κ1) is 8.63. The Balaban J connectivity index is 2.71. The minimum Gasteiger partial charge on any atom is -0.508 e. The molecule has 0 aliphatic carbocycles. The zero-order valence-electron chi connectivity index (χ0n) is 6.87. The van der Waals surface area contributed by atoms with Crippen LogP contribution in [0.5, 0.6) is 5.75 Å². The van der Waals surface area contributed by atoms with Gasteiger partial charge in [-0.15, -0.1) is 0 Å². The molecule has 0 aliphatic heterocycles. The van der Waals surface area contributed by atoms with Gasteiger partial charge in [0.1, 0.15) is 12.4 Å². The van der Waals surface area contributed by atoms with Gasteiger partial charge in [-0.25, -0.2) is 0 Å². The second kappa shape index (κ2) is 4.42. The minimum absolute atomic E-state index is 0.235. The molecular formula is C10H10O2. The number of phenolic OH excluding ortho intramolecular Hbond substituents is 1. The first-order valence-electron chi connectivity index (χ1n) is 3.60. The van der Waals surface area contributed by atoms with Crippen molar-refractivity contribution >= 4 is 0 Å². The average molecular weight is 162 g/mol. The lowest BCUT2D eigenvalue weighted by atomic mass is 10.2. The summed E-state index contributed by atoms with van der Waals surface area (Å²) >= 11 is 0. The van der Waals surface area contributed by atoms with Gasteiger partial charge in [0, 0.05) is 12.7 Å². The molecule has 0 aromatic heterocycles. The summed E-state index contributed by atoms with van der Waals surface area (Å²) in [4.78, 5) is 0. The highest BCUT2D eigenvalue weighted by Gasteiger charge is 1.87. The minimum atomic E-state index is 0.235. The van der Waals surface area contributed by atoms with Gasteiger partial charge in [-0.3, -0.25) is 0 Å². The zero-order valence-corrected chi connectivity index (χ0v) is 6.87. The molecule has 0 spiro atoms. The molecule has 12 heavy (non-hydrogen) atoms. The molecule has 2 nitrogen and oxygen atoms in total. The highest BCUT2D eigenvalue weighted by Crippen LogP contribution is 2.09. The van der Waals surface area contributed by atoms with E-state index >= 15 is 0 Å². The van der Waals surface area contributed by atoms with E-state index in [4.69, 9.17) is 9.84 Å². The molecule has 0 saturated carbocycles. The maximum Gasteiger partial charge on any atom is 0.116 e. The smallest absolute Gasteiger partial charge is 0.116 e. The molecule has 1 N–H and O–H groups in total. The van der Waals surface area contributed by atoms with E-state index in [2.05, 4.69) is 11.8 Å². The summed E-state index contributed by atoms with van der Waals surface area (Å²) < 4.78 is 4.76. The van der Waals surface area contributed by atoms with Crippen molar-refractivity contribution in [2.45, 2.75) is 0 Å². The van der Waals surface area contributed by atoms with Crippen LogP contribution < -0.4 is 0 Å². The van der Waals surface area contributed by atoms with Crippen LogP contribution in [0.1, 0.15) is 5.56 Å². The Bertz CT molecular complexity index is 307. The van der Waals surface area contributed by atoms with Crippen LogP contribution in [0.15, 0.2) is 24.3 Å². The Labute approximate surface area is 71.8 Å². The topological polar surface area (TPSA) is 29.5 Å². The molecular weight excluding hydrogens is 152 g/mol. The summed E-state index contributed by atoms with van der Waals surface area (Å²) in [6.07, 6.45) is 0. The van der Waals surface area contributed by atoms with Crippen LogP contribution in [-0.4, -0.2) is 18.8 Å². The van der Waals surface area contributed by atoms with Crippen LogP contribution in [0, 0.1) is 11.8 Å². The van der Waals surface area contributed by atoms with E-state index in [1.807, 2.05) is 6.07 Å². The van der Waals surface area contributed by atoms with Crippen LogP contribution in [0.25, 0.3) is 0 Å². The van der Waals surface area contributed by atoms with Crippen LogP contribution in [-0.2, 0) is 4.74 Å². The maximum absolute atomic E-state index is 9.07. The third-order valence-corrected chi connectivity index (χ3v) is 1.30. The quantitative estimate of drug-likeness (QED) is 0.632. The van der Waals surface area contributed by atoms with Crippen LogP contribution in [0.3, 0.4) is 0 Å². The molecule has 0 bridgehead atoms. The largest absolute Gasteiger partial charge is 0.508 e. The van der Waals surface area contributed by atoms with Gasteiger partial charge in [-0.2, -0.15) is 0 Å². The van der Waals surface area contributed by atoms with E-state index in [9.17, 15) is 0 Å². The third-order valence-electron chi connectivity index (χ3n) is 1.30. The van der Waals surface area contributed by atoms with E-state index in [0.29, 0.717) is 6.61 Å². The number of hydrogen-bond acceptors (Lipinski definition) is 2. The van der Waals surface area contributed by atoms with E-state index in [0.717, 1.165) is 5.56 Å². The first-order valence-corrected chi connectivity index (χ1v) is 3.60. The molecule has 0 atom stereocenters. The predicted molar refractivity (Wildman–Crippen MR) is 46.9 cm³/mol. The van der Waals surface area contributed by atoms with Gasteiger partial charge in [0.15, 0.2) is 0 Å². The van der Waals surface area contributed by atoms with Crippen molar-refractivity contribution in [3.63, 3.8) is 0 Å². The Kier molecular flexibility index (Phi) is 3.18. The van der Waals surface area contributed by atoms with Crippen molar-refractivity contribution in [1.29, 1.82) is 0 Å². The van der Waals surface area contributed by atoms with Crippen molar-refractivity contribution in [2.24, 2.45) is 0 Å². The fraction of sp³-hybridized carbons (Fsp3) is 0.200. The van der Waals surface area contributed by atoms with Crippen LogP contribution in [0.4, 0.5) is 0 Å². The normalized spacial score (nSPS) is 8.75. The van der Waals surface area contributed by atoms with Crippen molar-refractivity contribution < 1.29 is 9.84 Å². The van der Waals surface area contributed by atoms with Crippen LogP contribution >= 0.6 is 0 Å².